The minimum absolute atomic E-state index is 0. The van der Waals surface area contributed by atoms with Gasteiger partial charge in [-0.2, -0.15) is 0 Å². The Kier molecular flexibility index (Phi) is 26.5. The first-order chi connectivity index (χ1) is 13.2. The summed E-state index contributed by atoms with van der Waals surface area (Å²) in [6.45, 7) is 8.41. The normalized spacial score (nSPS) is 11.6. The van der Waals surface area contributed by atoms with Crippen molar-refractivity contribution in [1.82, 2.24) is 0 Å². The van der Waals surface area contributed by atoms with Crippen LogP contribution in [0.1, 0.15) is 129 Å². The zero-order valence-corrected chi connectivity index (χ0v) is 22.1. The molecule has 0 aliphatic carbocycles. The molecule has 0 saturated heterocycles. The maximum Gasteiger partial charge on any atom is 0.0922 e. The molecule has 0 rings (SSSR count). The van der Waals surface area contributed by atoms with Crippen LogP contribution in [0.5, 0.6) is 0 Å². The molecule has 0 atom stereocenters. The fourth-order valence-electron chi connectivity index (χ4n) is 4.15. The molecule has 0 aliphatic heterocycles. The third kappa shape index (κ3) is 21.4. The second kappa shape index (κ2) is 24.0. The van der Waals surface area contributed by atoms with E-state index in [-0.39, 0.29) is 17.0 Å². The lowest BCUT2D eigenvalue weighted by Gasteiger charge is -2.34. The molecule has 0 aliphatic rings. The molecule has 0 aromatic carbocycles. The third-order valence-corrected chi connectivity index (χ3v) is 6.40. The van der Waals surface area contributed by atoms with Gasteiger partial charge >= 0.3 is 0 Å². The van der Waals surface area contributed by atoms with Crippen molar-refractivity contribution in [3.63, 3.8) is 0 Å². The van der Waals surface area contributed by atoms with Crippen LogP contribution >= 0.6 is 11.6 Å². The minimum atomic E-state index is 0. The molecule has 0 amide bonds. The predicted octanol–water partition coefficient (Wildman–Crippen LogP) is 5.74. The minimum Gasteiger partial charge on any atom is -1.00 e. The molecular weight excluding hydrogens is 430 g/mol. The molecule has 0 bridgehead atoms. The Bertz CT molecular complexity index is 264. The van der Waals surface area contributed by atoms with Gasteiger partial charge in [0.1, 0.15) is 0 Å². The van der Waals surface area contributed by atoms with Crippen LogP contribution in [0.15, 0.2) is 0 Å². The topological polar surface area (TPSA) is 0 Å². The van der Waals surface area contributed by atoms with E-state index in [1.807, 2.05) is 0 Å². The molecule has 0 N–H and O–H groups in total. The summed E-state index contributed by atoms with van der Waals surface area (Å²) in [6.07, 6.45) is 25.6. The van der Waals surface area contributed by atoms with Crippen molar-refractivity contribution >= 4 is 11.6 Å². The van der Waals surface area contributed by atoms with Crippen molar-refractivity contribution in [2.24, 2.45) is 0 Å². The number of rotatable bonds is 22. The first-order valence-corrected chi connectivity index (χ1v) is 13.1. The molecule has 0 saturated carbocycles. The lowest BCUT2D eigenvalue weighted by molar-refractivity contribution is -0.907. The van der Waals surface area contributed by atoms with Gasteiger partial charge in [-0.05, 0) is 25.7 Å². The van der Waals surface area contributed by atoms with Crippen LogP contribution in [0.4, 0.5) is 0 Å². The van der Waals surface area contributed by atoms with Crippen LogP contribution < -0.4 is 17.0 Å². The Morgan fingerprint density at radius 2 is 0.750 bits per heavy atom. The fourth-order valence-corrected chi connectivity index (χ4v) is 4.56. The summed E-state index contributed by atoms with van der Waals surface area (Å²) in [5.41, 5.74) is 0. The molecule has 1 nitrogen and oxygen atoms in total. The summed E-state index contributed by atoms with van der Waals surface area (Å²) in [5, 5.41) is 0. The average Bonchev–Trinajstić information content (AvgIpc) is 2.66. The van der Waals surface area contributed by atoms with E-state index in [2.05, 4.69) is 20.9 Å². The van der Waals surface area contributed by atoms with Gasteiger partial charge in [0.2, 0.25) is 0 Å². The highest BCUT2D eigenvalue weighted by molar-refractivity contribution is 6.17. The second-order valence-corrected chi connectivity index (χ2v) is 9.51. The van der Waals surface area contributed by atoms with E-state index >= 15 is 0 Å². The molecule has 0 aromatic heterocycles. The lowest BCUT2D eigenvalue weighted by atomic mass is 10.1. The Morgan fingerprint density at radius 3 is 1.04 bits per heavy atom. The first-order valence-electron chi connectivity index (χ1n) is 12.6. The SMILES string of the molecule is CCCCCCCCCCC[N+](C)(CCCl)CCCCCCCCCCC.[Br-]. The van der Waals surface area contributed by atoms with Crippen LogP contribution in [0.2, 0.25) is 0 Å². The Labute approximate surface area is 194 Å². The maximum absolute atomic E-state index is 6.12. The van der Waals surface area contributed by atoms with Gasteiger partial charge in [0.25, 0.3) is 0 Å². The summed E-state index contributed by atoms with van der Waals surface area (Å²) in [6, 6.07) is 0. The summed E-state index contributed by atoms with van der Waals surface area (Å²) in [7, 11) is 2.44. The number of hydrogen-bond acceptors (Lipinski definition) is 0. The molecule has 172 valence electrons. The zero-order chi connectivity index (χ0) is 20.1. The van der Waals surface area contributed by atoms with E-state index in [0.29, 0.717) is 0 Å². The van der Waals surface area contributed by atoms with E-state index < -0.39 is 0 Å². The first kappa shape index (κ1) is 30.9. The highest BCUT2D eigenvalue weighted by atomic mass is 79.9. The molecule has 0 unspecified atom stereocenters. The highest BCUT2D eigenvalue weighted by Gasteiger charge is 2.19. The van der Waals surface area contributed by atoms with Gasteiger partial charge in [-0.3, -0.25) is 0 Å². The summed E-state index contributed by atoms with van der Waals surface area (Å²) >= 11 is 6.12. The number of hydrogen-bond donors (Lipinski definition) is 0. The van der Waals surface area contributed by atoms with E-state index in [1.54, 1.807) is 0 Å². The van der Waals surface area contributed by atoms with Crippen LogP contribution in [0, 0.1) is 0 Å². The fraction of sp³-hybridized carbons (Fsp3) is 1.00. The molecule has 0 aromatic rings. The number of alkyl halides is 1. The smallest absolute Gasteiger partial charge is 0.0922 e. The molecule has 3 heteroatoms. The van der Waals surface area contributed by atoms with Crippen LogP contribution in [-0.4, -0.2) is 37.0 Å². The highest BCUT2D eigenvalue weighted by Crippen LogP contribution is 2.15. The van der Waals surface area contributed by atoms with Crippen molar-refractivity contribution < 1.29 is 21.5 Å². The zero-order valence-electron chi connectivity index (χ0n) is 19.8. The van der Waals surface area contributed by atoms with Gasteiger partial charge in [0.15, 0.2) is 0 Å². The number of halogens is 2. The maximum atomic E-state index is 6.12. The molecule has 0 radical (unpaired) electrons. The number of quaternary nitrogens is 1. The molecule has 0 heterocycles. The Hall–Kier alpha value is 0.730. The summed E-state index contributed by atoms with van der Waals surface area (Å²) in [5.74, 6) is 0.811. The van der Waals surface area contributed by atoms with Crippen LogP contribution in [-0.2, 0) is 0 Å². The summed E-state index contributed by atoms with van der Waals surface area (Å²) < 4.78 is 1.20. The largest absolute Gasteiger partial charge is 1.00 e. The lowest BCUT2D eigenvalue weighted by Crippen LogP contribution is -3.00. The Balaban J connectivity index is 0. The van der Waals surface area contributed by atoms with Crippen LogP contribution in [0.25, 0.3) is 0 Å². The number of nitrogens with zero attached hydrogens (tertiary/aromatic N) is 1. The monoisotopic (exact) mass is 481 g/mol. The van der Waals surface area contributed by atoms with Gasteiger partial charge in [-0.1, -0.05) is 104 Å². The van der Waals surface area contributed by atoms with Gasteiger partial charge in [0.05, 0.1) is 32.6 Å². The Morgan fingerprint density at radius 1 is 0.464 bits per heavy atom. The molecule has 0 spiro atoms. The average molecular weight is 483 g/mol. The molecule has 0 fully saturated rings. The van der Waals surface area contributed by atoms with Crippen molar-refractivity contribution in [3.8, 4) is 0 Å². The van der Waals surface area contributed by atoms with E-state index in [4.69, 9.17) is 11.6 Å². The van der Waals surface area contributed by atoms with E-state index in [9.17, 15) is 0 Å². The van der Waals surface area contributed by atoms with Gasteiger partial charge < -0.3 is 21.5 Å². The van der Waals surface area contributed by atoms with Crippen molar-refractivity contribution in [2.45, 2.75) is 129 Å². The molecule has 28 heavy (non-hydrogen) atoms. The van der Waals surface area contributed by atoms with Crippen molar-refractivity contribution in [1.29, 1.82) is 0 Å². The third-order valence-electron chi connectivity index (χ3n) is 6.23. The van der Waals surface area contributed by atoms with Crippen molar-refractivity contribution in [2.75, 3.05) is 32.6 Å². The van der Waals surface area contributed by atoms with E-state index in [1.165, 1.54) is 133 Å². The van der Waals surface area contributed by atoms with Crippen LogP contribution in [0.3, 0.4) is 0 Å². The van der Waals surface area contributed by atoms with E-state index in [0.717, 1.165) is 12.4 Å². The number of unbranched alkanes of at least 4 members (excludes halogenated alkanes) is 16. The quantitative estimate of drug-likeness (QED) is 0.105. The van der Waals surface area contributed by atoms with Crippen molar-refractivity contribution in [3.05, 3.63) is 0 Å². The summed E-state index contributed by atoms with van der Waals surface area (Å²) in [4.78, 5) is 0. The van der Waals surface area contributed by atoms with Gasteiger partial charge in [0, 0.05) is 0 Å². The molecular formula is C25H53BrClN. The van der Waals surface area contributed by atoms with Gasteiger partial charge in [-0.15, -0.1) is 11.6 Å². The second-order valence-electron chi connectivity index (χ2n) is 9.14. The van der Waals surface area contributed by atoms with Gasteiger partial charge in [-0.25, -0.2) is 0 Å². The standard InChI is InChI=1S/C25H53ClN.BrH/c1-4-6-8-10-12-14-16-18-20-23-27(3,25-22-26)24-21-19-17-15-13-11-9-7-5-2;/h4-25H2,1-3H3;1H/q+1;/p-1. The predicted molar refractivity (Wildman–Crippen MR) is 126 cm³/mol.